The van der Waals surface area contributed by atoms with Gasteiger partial charge in [-0.15, -0.1) is 0 Å². The first-order valence-electron chi connectivity index (χ1n) is 0.333. The van der Waals surface area contributed by atoms with Gasteiger partial charge in [-0.25, -0.2) is 0 Å². The van der Waals surface area contributed by atoms with Gasteiger partial charge in [0.1, 0.15) is 0 Å². The second kappa shape index (κ2) is 18.1. The van der Waals surface area contributed by atoms with E-state index in [-0.39, 0.29) is 37.2 Å². The third-order valence-electron chi connectivity index (χ3n) is 0. The van der Waals surface area contributed by atoms with Crippen molar-refractivity contribution in [1.82, 2.24) is 0 Å². The summed E-state index contributed by atoms with van der Waals surface area (Å²) >= 11 is 1.27. The Morgan fingerprint density at radius 3 is 1.25 bits per heavy atom. The number of rotatable bonds is 0. The zero-order valence-electron chi connectivity index (χ0n) is 1.15. The van der Waals surface area contributed by atoms with Gasteiger partial charge in [0.15, 0.2) is 17.4 Å². The first kappa shape index (κ1) is 16.1. The topological polar surface area (TPSA) is 0 Å². The summed E-state index contributed by atoms with van der Waals surface area (Å²) in [5.41, 5.74) is 0. The zero-order chi connectivity index (χ0) is 2.00. The molecule has 4 heteroatoms. The summed E-state index contributed by atoms with van der Waals surface area (Å²) in [6.45, 7) is 2.55. The molecule has 0 saturated heterocycles. The molecule has 0 spiro atoms. The van der Waals surface area contributed by atoms with Crippen LogP contribution in [0.5, 0.6) is 0 Å². The van der Waals surface area contributed by atoms with E-state index < -0.39 is 0 Å². The molecule has 0 N–H and O–H groups in total. The standard InChI is InChI=1S/Al.Ga.H2P.Sb.8H/h;;1H2;;;;;;;;;/q;;-1;+1;;;;;;;;. The minimum atomic E-state index is 0. The Hall–Kier alpha value is 2.42. The van der Waals surface area contributed by atoms with Crippen molar-refractivity contribution in [2.75, 3.05) is 0 Å². The molecule has 0 aliphatic rings. The Morgan fingerprint density at radius 2 is 1.25 bits per heavy atom. The Morgan fingerprint density at radius 1 is 1.25 bits per heavy atom. The third-order valence-corrected chi connectivity index (χ3v) is 0. The van der Waals surface area contributed by atoms with E-state index >= 15 is 0 Å². The summed E-state index contributed by atoms with van der Waals surface area (Å²) in [7, 11) is 0. The van der Waals surface area contributed by atoms with Crippen LogP contribution in [0.15, 0.2) is 0 Å². The second-order valence-corrected chi connectivity index (χ2v) is 0. The van der Waals surface area contributed by atoms with Crippen LogP contribution in [0, 0.1) is 0 Å². The van der Waals surface area contributed by atoms with E-state index in [9.17, 15) is 0 Å². The summed E-state index contributed by atoms with van der Waals surface area (Å²) < 4.78 is 0. The maximum atomic E-state index is 2.55. The van der Waals surface area contributed by atoms with Gasteiger partial charge in [-0.2, -0.15) is 0 Å². The molecule has 1 atom stereocenters. The third kappa shape index (κ3) is 8.83. The van der Waals surface area contributed by atoms with Gasteiger partial charge in [0.2, 0.25) is 0 Å². The second-order valence-electron chi connectivity index (χ2n) is 0. The van der Waals surface area contributed by atoms with Crippen molar-refractivity contribution in [1.29, 1.82) is 0 Å². The van der Waals surface area contributed by atoms with E-state index in [1.807, 2.05) is 0 Å². The number of hydrogen-bond donors (Lipinski definition) is 0. The van der Waals surface area contributed by atoms with Crippen LogP contribution in [0.2, 0.25) is 0 Å². The normalized spacial score (nSPS) is 1.50. The van der Waals surface area contributed by atoms with Crippen LogP contribution in [0.4, 0.5) is 0 Å². The molecular weight excluding hydrogens is 249 g/mol. The molecule has 1 unspecified atom stereocenters. The first-order chi connectivity index (χ1) is 1.00. The predicted octanol–water partition coefficient (Wildman–Crippen LogP) is -2.96. The molecule has 0 aromatic heterocycles. The van der Waals surface area contributed by atoms with Crippen LogP contribution in [0.25, 0.3) is 0 Å². The van der Waals surface area contributed by atoms with Crippen molar-refractivity contribution in [3.63, 3.8) is 0 Å². The molecule has 0 amide bonds. The Kier molecular flexibility index (Phi) is 72.9. The van der Waals surface area contributed by atoms with E-state index in [1.165, 1.54) is 22.5 Å². The van der Waals surface area contributed by atoms with Crippen LogP contribution in [-0.4, -0.2) is 59.6 Å². The van der Waals surface area contributed by atoms with Crippen LogP contribution in [0.3, 0.4) is 0 Å². The molecule has 0 aliphatic heterocycles. The molecule has 0 heterocycles. The van der Waals surface area contributed by atoms with Crippen molar-refractivity contribution >= 4 is 66.4 Å². The van der Waals surface area contributed by atoms with E-state index in [0.717, 1.165) is 0 Å². The monoisotopic (exact) mass is 258 g/mol. The minimum absolute atomic E-state index is 0. The fourth-order valence-corrected chi connectivity index (χ4v) is 0. The molecule has 0 saturated carbocycles. The molecular formula is H10AlGaPSb. The Balaban J connectivity index is -0.00000000500. The fourth-order valence-electron chi connectivity index (χ4n) is 0. The van der Waals surface area contributed by atoms with Gasteiger partial charge in [-0.3, -0.25) is 0 Å². The molecule has 0 fully saturated rings. The molecule has 0 nitrogen and oxygen atoms in total. The summed E-state index contributed by atoms with van der Waals surface area (Å²) in [5, 5.41) is 0. The van der Waals surface area contributed by atoms with E-state index in [0.29, 0.717) is 0 Å². The van der Waals surface area contributed by atoms with Crippen molar-refractivity contribution in [3.8, 4) is 0 Å². The maximum absolute atomic E-state index is 2.55. The molecule has 0 aliphatic carbocycles. The molecule has 0 rings (SSSR count). The summed E-state index contributed by atoms with van der Waals surface area (Å²) in [5.74, 6) is 0. The fraction of sp³-hybridized carbons (Fsp3) is 0. The van der Waals surface area contributed by atoms with Gasteiger partial charge in [0.25, 0.3) is 0 Å². The van der Waals surface area contributed by atoms with Crippen LogP contribution < -0.4 is 0 Å². The van der Waals surface area contributed by atoms with Crippen molar-refractivity contribution in [3.05, 3.63) is 0 Å². The average Bonchev–Trinajstić information content (AvgIpc) is 1.00. The number of hydrogen-bond acceptors (Lipinski definition) is 0. The van der Waals surface area contributed by atoms with Gasteiger partial charge in [0, 0.05) is 0 Å². The average molecular weight is 260 g/mol. The summed E-state index contributed by atoms with van der Waals surface area (Å²) in [6, 6.07) is 0. The van der Waals surface area contributed by atoms with Crippen LogP contribution >= 0.6 is 6.81 Å². The zero-order valence-corrected chi connectivity index (χ0v) is 5.61. The van der Waals surface area contributed by atoms with Gasteiger partial charge in [-0.1, -0.05) is 0 Å². The van der Waals surface area contributed by atoms with Crippen molar-refractivity contribution in [2.24, 2.45) is 0 Å². The van der Waals surface area contributed by atoms with Gasteiger partial charge in [0.05, 0.1) is 0 Å². The van der Waals surface area contributed by atoms with E-state index in [1.54, 1.807) is 0 Å². The van der Waals surface area contributed by atoms with Crippen LogP contribution in [0.1, 0.15) is 0 Å². The molecule has 26 valence electrons. The quantitative estimate of drug-likeness (QED) is 0.322. The van der Waals surface area contributed by atoms with Gasteiger partial charge in [-0.05, 0) is 0 Å². The van der Waals surface area contributed by atoms with Gasteiger partial charge < -0.3 is 0 Å². The van der Waals surface area contributed by atoms with E-state index in [2.05, 4.69) is 6.81 Å². The predicted molar refractivity (Wildman–Crippen MR) is 38.1 cm³/mol. The molecule has 0 aromatic rings. The molecule has 0 bridgehead atoms. The van der Waals surface area contributed by atoms with E-state index in [4.69, 9.17) is 0 Å². The van der Waals surface area contributed by atoms with Gasteiger partial charge >= 0.3 is 49.1 Å². The Labute approximate surface area is 65.7 Å². The summed E-state index contributed by atoms with van der Waals surface area (Å²) in [4.78, 5) is 0. The molecule has 0 aromatic carbocycles. The first-order valence-corrected chi connectivity index (χ1v) is 6.71. The summed E-state index contributed by atoms with van der Waals surface area (Å²) in [6.07, 6.45) is 0. The Bertz CT molecular complexity index is 8.00. The molecule has 0 radical (unpaired) electrons. The van der Waals surface area contributed by atoms with Crippen molar-refractivity contribution < 1.29 is 0 Å². The SMILES string of the molecule is [AlH3].[GaH3].[PH2][SbH2]. The van der Waals surface area contributed by atoms with Crippen molar-refractivity contribution in [2.45, 2.75) is 0 Å². The molecule has 4 heavy (non-hydrogen) atoms. The van der Waals surface area contributed by atoms with Crippen LogP contribution in [-0.2, 0) is 0 Å².